The highest BCUT2D eigenvalue weighted by Gasteiger charge is 2.03. The first-order valence-corrected chi connectivity index (χ1v) is 5.24. The average Bonchev–Trinajstić information content (AvgIpc) is 2.81. The number of imidazole rings is 1. The van der Waals surface area contributed by atoms with Crippen LogP contribution in [-0.4, -0.2) is 19.7 Å². The summed E-state index contributed by atoms with van der Waals surface area (Å²) in [5.41, 5.74) is 2.50. The van der Waals surface area contributed by atoms with Crippen LogP contribution in [0, 0.1) is 0 Å². The molecule has 0 saturated carbocycles. The standard InChI is InChI=1S/C12H10N4O/c1-2-4-10(5-3-1)7-17-16-9-15-11-6-13-8-14-12(11)16/h1-6,8-9H,7H2. The summed E-state index contributed by atoms with van der Waals surface area (Å²) in [5, 5.41) is 0. The van der Waals surface area contributed by atoms with Crippen molar-refractivity contribution in [3.8, 4) is 0 Å². The molecule has 0 N–H and O–H groups in total. The second-order valence-corrected chi connectivity index (χ2v) is 3.56. The van der Waals surface area contributed by atoms with Gasteiger partial charge in [-0.2, -0.15) is 4.73 Å². The predicted molar refractivity (Wildman–Crippen MR) is 62.0 cm³/mol. The summed E-state index contributed by atoms with van der Waals surface area (Å²) < 4.78 is 1.56. The predicted octanol–water partition coefficient (Wildman–Crippen LogP) is 1.46. The van der Waals surface area contributed by atoms with Gasteiger partial charge < -0.3 is 4.84 Å². The van der Waals surface area contributed by atoms with Gasteiger partial charge in [0.1, 0.15) is 24.8 Å². The Morgan fingerprint density at radius 3 is 2.88 bits per heavy atom. The molecule has 2 aromatic heterocycles. The van der Waals surface area contributed by atoms with E-state index in [1.807, 2.05) is 30.3 Å². The van der Waals surface area contributed by atoms with Crippen molar-refractivity contribution in [2.24, 2.45) is 0 Å². The van der Waals surface area contributed by atoms with E-state index >= 15 is 0 Å². The second-order valence-electron chi connectivity index (χ2n) is 3.56. The number of fused-ring (bicyclic) bond motifs is 1. The summed E-state index contributed by atoms with van der Waals surface area (Å²) in [5.74, 6) is 0. The molecule has 0 aliphatic heterocycles. The van der Waals surface area contributed by atoms with Crippen LogP contribution in [0.2, 0.25) is 0 Å². The second kappa shape index (κ2) is 4.21. The topological polar surface area (TPSA) is 52.8 Å². The van der Waals surface area contributed by atoms with Crippen LogP contribution in [0.4, 0.5) is 0 Å². The number of rotatable bonds is 3. The van der Waals surface area contributed by atoms with Gasteiger partial charge in [-0.3, -0.25) is 0 Å². The van der Waals surface area contributed by atoms with Crippen LogP contribution in [0.5, 0.6) is 0 Å². The van der Waals surface area contributed by atoms with Gasteiger partial charge in [-0.25, -0.2) is 15.0 Å². The lowest BCUT2D eigenvalue weighted by atomic mass is 10.2. The Kier molecular flexibility index (Phi) is 2.42. The fourth-order valence-corrected chi connectivity index (χ4v) is 1.56. The van der Waals surface area contributed by atoms with Crippen LogP contribution in [0.25, 0.3) is 11.2 Å². The van der Waals surface area contributed by atoms with Crippen molar-refractivity contribution in [1.29, 1.82) is 0 Å². The fourth-order valence-electron chi connectivity index (χ4n) is 1.56. The van der Waals surface area contributed by atoms with Gasteiger partial charge in [-0.1, -0.05) is 30.3 Å². The summed E-state index contributed by atoms with van der Waals surface area (Å²) in [6, 6.07) is 9.95. The number of benzene rings is 1. The Morgan fingerprint density at radius 2 is 2.00 bits per heavy atom. The lowest BCUT2D eigenvalue weighted by molar-refractivity contribution is 0.105. The summed E-state index contributed by atoms with van der Waals surface area (Å²) in [6.45, 7) is 0.482. The zero-order chi connectivity index (χ0) is 11.5. The number of nitrogens with zero attached hydrogens (tertiary/aromatic N) is 4. The Labute approximate surface area is 97.7 Å². The van der Waals surface area contributed by atoms with Crippen molar-refractivity contribution in [1.82, 2.24) is 19.7 Å². The molecule has 0 radical (unpaired) electrons. The molecule has 0 amide bonds. The van der Waals surface area contributed by atoms with Crippen LogP contribution in [0.3, 0.4) is 0 Å². The molecular formula is C12H10N4O. The number of hydrogen-bond acceptors (Lipinski definition) is 4. The molecule has 3 rings (SSSR count). The van der Waals surface area contributed by atoms with Gasteiger partial charge in [0.05, 0.1) is 6.20 Å². The molecule has 0 atom stereocenters. The van der Waals surface area contributed by atoms with Crippen molar-refractivity contribution in [3.63, 3.8) is 0 Å². The summed E-state index contributed by atoms with van der Waals surface area (Å²) in [6.07, 6.45) is 4.74. The maximum Gasteiger partial charge on any atom is 0.199 e. The van der Waals surface area contributed by atoms with Gasteiger partial charge in [-0.05, 0) is 5.56 Å². The minimum absolute atomic E-state index is 0.482. The Bertz CT molecular complexity index is 620. The van der Waals surface area contributed by atoms with E-state index in [1.54, 1.807) is 17.3 Å². The lowest BCUT2D eigenvalue weighted by Gasteiger charge is -2.05. The van der Waals surface area contributed by atoms with Gasteiger partial charge in [0.25, 0.3) is 0 Å². The van der Waals surface area contributed by atoms with E-state index in [2.05, 4.69) is 15.0 Å². The third kappa shape index (κ3) is 1.94. The van der Waals surface area contributed by atoms with Crippen LogP contribution >= 0.6 is 0 Å². The molecule has 0 saturated heterocycles. The van der Waals surface area contributed by atoms with Crippen molar-refractivity contribution >= 4 is 11.2 Å². The zero-order valence-electron chi connectivity index (χ0n) is 9.02. The van der Waals surface area contributed by atoms with Gasteiger partial charge in [0.15, 0.2) is 5.65 Å². The number of aromatic nitrogens is 4. The third-order valence-electron chi connectivity index (χ3n) is 2.40. The van der Waals surface area contributed by atoms with Crippen LogP contribution < -0.4 is 4.84 Å². The molecule has 0 fully saturated rings. The molecule has 0 aliphatic carbocycles. The van der Waals surface area contributed by atoms with E-state index in [1.165, 1.54) is 6.33 Å². The number of hydrogen-bond donors (Lipinski definition) is 0. The molecule has 0 bridgehead atoms. The van der Waals surface area contributed by atoms with Crippen molar-refractivity contribution in [3.05, 3.63) is 54.7 Å². The molecule has 1 aromatic carbocycles. The minimum Gasteiger partial charge on any atom is -0.406 e. The first-order chi connectivity index (χ1) is 8.43. The molecule has 0 aliphatic rings. The summed E-state index contributed by atoms with van der Waals surface area (Å²) >= 11 is 0. The van der Waals surface area contributed by atoms with E-state index < -0.39 is 0 Å². The van der Waals surface area contributed by atoms with Gasteiger partial charge in [-0.15, -0.1) is 0 Å². The van der Waals surface area contributed by atoms with Crippen molar-refractivity contribution in [2.45, 2.75) is 6.61 Å². The van der Waals surface area contributed by atoms with Crippen LogP contribution in [-0.2, 0) is 6.61 Å². The molecule has 2 heterocycles. The maximum atomic E-state index is 5.61. The molecular weight excluding hydrogens is 216 g/mol. The smallest absolute Gasteiger partial charge is 0.199 e. The summed E-state index contributed by atoms with van der Waals surface area (Å²) in [7, 11) is 0. The molecule has 5 nitrogen and oxygen atoms in total. The minimum atomic E-state index is 0.482. The highest BCUT2D eigenvalue weighted by molar-refractivity contribution is 5.68. The Hall–Kier alpha value is -2.43. The molecule has 5 heteroatoms. The molecule has 3 aromatic rings. The van der Waals surface area contributed by atoms with E-state index in [0.717, 1.165) is 11.1 Å². The fraction of sp³-hybridized carbons (Fsp3) is 0.0833. The average molecular weight is 226 g/mol. The molecule has 0 spiro atoms. The maximum absolute atomic E-state index is 5.61. The van der Waals surface area contributed by atoms with E-state index in [4.69, 9.17) is 4.84 Å². The Balaban J connectivity index is 1.82. The highest BCUT2D eigenvalue weighted by Crippen LogP contribution is 2.06. The van der Waals surface area contributed by atoms with E-state index in [9.17, 15) is 0 Å². The van der Waals surface area contributed by atoms with Gasteiger partial charge >= 0.3 is 0 Å². The zero-order valence-corrected chi connectivity index (χ0v) is 9.02. The quantitative estimate of drug-likeness (QED) is 0.678. The van der Waals surface area contributed by atoms with Crippen molar-refractivity contribution < 1.29 is 4.84 Å². The van der Waals surface area contributed by atoms with E-state index in [-0.39, 0.29) is 0 Å². The van der Waals surface area contributed by atoms with Crippen LogP contribution in [0.15, 0.2) is 49.2 Å². The molecule has 17 heavy (non-hydrogen) atoms. The molecule has 0 unspecified atom stereocenters. The van der Waals surface area contributed by atoms with E-state index in [0.29, 0.717) is 12.3 Å². The first kappa shape index (κ1) is 9.77. The van der Waals surface area contributed by atoms with Crippen molar-refractivity contribution in [2.75, 3.05) is 0 Å². The Morgan fingerprint density at radius 1 is 1.12 bits per heavy atom. The highest BCUT2D eigenvalue weighted by atomic mass is 16.7. The molecule has 84 valence electrons. The lowest BCUT2D eigenvalue weighted by Crippen LogP contribution is -2.10. The first-order valence-electron chi connectivity index (χ1n) is 5.24. The normalized spacial score (nSPS) is 10.6. The third-order valence-corrected chi connectivity index (χ3v) is 2.40. The van der Waals surface area contributed by atoms with Crippen LogP contribution in [0.1, 0.15) is 5.56 Å². The largest absolute Gasteiger partial charge is 0.406 e. The monoisotopic (exact) mass is 226 g/mol. The SMILES string of the molecule is c1ccc(COn2cnc3cncnc32)cc1. The van der Waals surface area contributed by atoms with Gasteiger partial charge in [0.2, 0.25) is 0 Å². The summed E-state index contributed by atoms with van der Waals surface area (Å²) in [4.78, 5) is 17.8. The van der Waals surface area contributed by atoms with Gasteiger partial charge in [0, 0.05) is 0 Å².